The van der Waals surface area contributed by atoms with Crippen LogP contribution in [0.4, 0.5) is 0 Å². The van der Waals surface area contributed by atoms with Gasteiger partial charge in [-0.2, -0.15) is 0 Å². The molecule has 2 atom stereocenters. The van der Waals surface area contributed by atoms with E-state index in [2.05, 4.69) is 13.8 Å². The van der Waals surface area contributed by atoms with Gasteiger partial charge in [-0.15, -0.1) is 0 Å². The Balaban J connectivity index is -0.000000303. The first-order valence-corrected chi connectivity index (χ1v) is 26.0. The first-order chi connectivity index (χ1) is 26.3. The van der Waals surface area contributed by atoms with Crippen LogP contribution in [0.2, 0.25) is 18.9 Å². The monoisotopic (exact) mass is 1070 g/mol. The molecular formula is C38H70Cl2Ge2N2O11Sn. The predicted molar refractivity (Wildman–Crippen MR) is 230 cm³/mol. The molecule has 2 unspecified atom stereocenters. The molecule has 13 nitrogen and oxygen atoms in total. The van der Waals surface area contributed by atoms with Crippen molar-refractivity contribution in [1.29, 1.82) is 0 Å². The van der Waals surface area contributed by atoms with Gasteiger partial charge in [0.05, 0.1) is 39.6 Å². The molecule has 0 spiro atoms. The molecule has 0 saturated carbocycles. The Labute approximate surface area is 373 Å². The molecule has 0 aliphatic carbocycles. The van der Waals surface area contributed by atoms with Gasteiger partial charge < -0.3 is 36.1 Å². The molecular weight excluding hydrogens is 995 g/mol. The number of benzene rings is 2. The zero-order chi connectivity index (χ0) is 42.3. The minimum absolute atomic E-state index is 0. The number of nitrogens with zero attached hydrogens (tertiary/aromatic N) is 2. The average Bonchev–Trinajstić information content (AvgIpc) is 3.13. The fourth-order valence-electron chi connectivity index (χ4n) is 4.33. The van der Waals surface area contributed by atoms with E-state index >= 15 is 0 Å². The van der Waals surface area contributed by atoms with E-state index in [-0.39, 0.29) is 75.8 Å². The van der Waals surface area contributed by atoms with Crippen LogP contribution in [-0.2, 0) is 0 Å². The third kappa shape index (κ3) is 42.5. The number of aliphatic hydroxyl groups excluding tert-OH is 8. The number of rotatable bonds is 24. The molecule has 0 saturated heterocycles. The van der Waals surface area contributed by atoms with Gasteiger partial charge in [0.2, 0.25) is 0 Å². The van der Waals surface area contributed by atoms with Crippen molar-refractivity contribution >= 4 is 77.4 Å². The topological polar surface area (TPSA) is 240 Å². The van der Waals surface area contributed by atoms with Crippen LogP contribution in [0.1, 0.15) is 73.0 Å². The van der Waals surface area contributed by atoms with Crippen molar-refractivity contribution in [3.63, 3.8) is 0 Å². The summed E-state index contributed by atoms with van der Waals surface area (Å²) in [5.74, 6) is 0. The minimum atomic E-state index is -1.24. The van der Waals surface area contributed by atoms with Crippen molar-refractivity contribution in [3.8, 4) is 0 Å². The summed E-state index contributed by atoms with van der Waals surface area (Å²) in [6, 6.07) is 14.8. The second-order valence-corrected chi connectivity index (χ2v) is 20.2. The van der Waals surface area contributed by atoms with E-state index in [9.17, 15) is 0 Å². The zero-order valence-electron chi connectivity index (χ0n) is 33.2. The molecule has 324 valence electrons. The van der Waals surface area contributed by atoms with E-state index in [1.54, 1.807) is 42.9 Å². The van der Waals surface area contributed by atoms with E-state index < -0.39 is 12.6 Å². The van der Waals surface area contributed by atoms with E-state index in [4.69, 9.17) is 74.3 Å². The van der Waals surface area contributed by atoms with Gasteiger partial charge in [0.25, 0.3) is 0 Å². The molecule has 18 heteroatoms. The van der Waals surface area contributed by atoms with Gasteiger partial charge in [0.15, 0.2) is 0 Å². The van der Waals surface area contributed by atoms with Crippen molar-refractivity contribution < 1.29 is 56.5 Å². The molecule has 56 heavy (non-hydrogen) atoms. The van der Waals surface area contributed by atoms with Gasteiger partial charge >= 0.3 is 251 Å². The second-order valence-electron chi connectivity index (χ2n) is 12.1. The Morgan fingerprint density at radius 2 is 0.768 bits per heavy atom. The number of aliphatic hydroxyl groups is 10. The Kier molecular flexibility index (Phi) is 52.3. The summed E-state index contributed by atoms with van der Waals surface area (Å²) < 4.78 is 3.52. The van der Waals surface area contributed by atoms with Gasteiger partial charge in [-0.25, -0.2) is 0 Å². The summed E-state index contributed by atoms with van der Waals surface area (Å²) in [4.78, 5) is 3.58. The number of hydrogen-bond donors (Lipinski definition) is 10. The van der Waals surface area contributed by atoms with Crippen molar-refractivity contribution in [2.75, 3.05) is 78.9 Å². The molecule has 0 amide bonds. The molecule has 0 aliphatic heterocycles. The Morgan fingerprint density at radius 1 is 0.518 bits per heavy atom. The molecule has 0 aliphatic rings. The van der Waals surface area contributed by atoms with E-state index in [1.807, 2.05) is 57.3 Å². The summed E-state index contributed by atoms with van der Waals surface area (Å²) in [5, 5.41) is 87.4. The minimum Gasteiger partial charge on any atom is -0.395 e. The fourth-order valence-corrected chi connectivity index (χ4v) is 10.4. The first-order valence-electron chi connectivity index (χ1n) is 18.8. The smallest absolute Gasteiger partial charge is 0.0558 e. The van der Waals surface area contributed by atoms with Crippen LogP contribution in [0.3, 0.4) is 0 Å². The molecule has 8 radical (unpaired) electrons. The quantitative estimate of drug-likeness (QED) is 0.0408. The summed E-state index contributed by atoms with van der Waals surface area (Å²) in [5.41, 5.74) is 2.13. The number of hydrogen-bond acceptors (Lipinski definition) is 12. The second kappa shape index (κ2) is 46.5. The van der Waals surface area contributed by atoms with E-state index in [1.165, 1.54) is 25.7 Å². The Bertz CT molecular complexity index is 951. The van der Waals surface area contributed by atoms with Gasteiger partial charge in [-0.05, 0) is 0 Å². The van der Waals surface area contributed by atoms with Crippen LogP contribution in [0, 0.1) is 0 Å². The normalized spacial score (nSPS) is 11.6. The molecule has 2 rings (SSSR count). The van der Waals surface area contributed by atoms with Gasteiger partial charge in [-0.1, -0.05) is 0 Å². The van der Waals surface area contributed by atoms with Crippen molar-refractivity contribution in [2.24, 2.45) is 0 Å². The van der Waals surface area contributed by atoms with Gasteiger partial charge in [0, 0.05) is 39.3 Å². The number of halogens is 2. The fraction of sp³-hybridized carbons (Fsp3) is 0.684. The molecule has 2 aromatic carbocycles. The maximum absolute atomic E-state index is 8.77. The van der Waals surface area contributed by atoms with E-state index in [0.717, 1.165) is 11.1 Å². The molecule has 12 N–H and O–H groups in total. The van der Waals surface area contributed by atoms with Crippen molar-refractivity contribution in [3.05, 3.63) is 69.7 Å². The summed E-state index contributed by atoms with van der Waals surface area (Å²) >= 11 is 15.5. The molecule has 0 bridgehead atoms. The summed E-state index contributed by atoms with van der Waals surface area (Å²) in [7, 11) is 0. The first kappa shape index (κ1) is 63.0. The Morgan fingerprint density at radius 3 is 0.964 bits per heavy atom. The summed E-state index contributed by atoms with van der Waals surface area (Å²) in [6.45, 7) is 8.09. The molecule has 2 aromatic rings. The summed E-state index contributed by atoms with van der Waals surface area (Å²) in [6.07, 6.45) is 4.05. The standard InChI is InChI=1S/2C9H10ClGeO2.2C6H15NO3.2C4H9.H2O.Sn/c2*10-7-3-1-6(2-4-7)8(11)5-9(12)13;2*8-4-1-7(2-5-9)3-6-10;2*1-3-4-2;;/h2*1-4,8-9,12-13H,5H2;2*8-10H,1-6H2;2*1,3-4H2,2H3;1H2;. The SMILES string of the molecule is CCC[CH2][Sn][CH2]CCC.O.OC(O)C[CH]([Ge])c1ccc(Cl)cc1.OC(O)C[CH]([Ge])c1ccc(Cl)cc1.OCCN(CCO)CCO.OCCN(CCO)CCO. The van der Waals surface area contributed by atoms with Crippen molar-refractivity contribution in [1.82, 2.24) is 9.80 Å². The average molecular weight is 1070 g/mol. The van der Waals surface area contributed by atoms with E-state index in [0.29, 0.717) is 62.2 Å². The van der Waals surface area contributed by atoms with Crippen LogP contribution in [0.25, 0.3) is 0 Å². The number of unbranched alkanes of at least 4 members (excludes halogenated alkanes) is 2. The molecule has 0 aromatic heterocycles. The van der Waals surface area contributed by atoms with Crippen LogP contribution in [0.15, 0.2) is 48.5 Å². The van der Waals surface area contributed by atoms with Crippen LogP contribution in [0.5, 0.6) is 0 Å². The molecule has 0 fully saturated rings. The van der Waals surface area contributed by atoms with Crippen LogP contribution < -0.4 is 0 Å². The van der Waals surface area contributed by atoms with Crippen molar-refractivity contribution in [2.45, 2.75) is 83.3 Å². The van der Waals surface area contributed by atoms with Gasteiger partial charge in [0.1, 0.15) is 0 Å². The largest absolute Gasteiger partial charge is 0.395 e. The third-order valence-corrected chi connectivity index (χ3v) is 14.3. The maximum Gasteiger partial charge on any atom is 0.0558 e. The molecule has 0 heterocycles. The maximum atomic E-state index is 8.77. The van der Waals surface area contributed by atoms with Crippen LogP contribution in [-0.4, -0.2) is 212 Å². The van der Waals surface area contributed by atoms with Crippen LogP contribution >= 0.6 is 23.2 Å². The zero-order valence-corrected chi connectivity index (χ0v) is 41.8. The Hall–Kier alpha value is 0.384. The van der Waals surface area contributed by atoms with Gasteiger partial charge in [-0.3, -0.25) is 9.80 Å². The third-order valence-electron chi connectivity index (χ3n) is 7.35. The predicted octanol–water partition coefficient (Wildman–Crippen LogP) is 1.33.